The van der Waals surface area contributed by atoms with Crippen molar-refractivity contribution in [3.8, 4) is 11.3 Å². The lowest BCUT2D eigenvalue weighted by molar-refractivity contribution is 0.636. The van der Waals surface area contributed by atoms with Gasteiger partial charge >= 0.3 is 0 Å². The van der Waals surface area contributed by atoms with Gasteiger partial charge in [0.15, 0.2) is 5.65 Å². The molecule has 0 bridgehead atoms. The molecular formula is C22H18FN6P. The largest absolute Gasteiger partial charge is 0.256 e. The Labute approximate surface area is 173 Å². The lowest BCUT2D eigenvalue weighted by atomic mass is 10.1. The van der Waals surface area contributed by atoms with E-state index in [1.807, 2.05) is 49.7 Å². The number of benzene rings is 2. The Balaban J connectivity index is 1.52. The van der Waals surface area contributed by atoms with Crippen molar-refractivity contribution in [1.82, 2.24) is 29.9 Å². The van der Waals surface area contributed by atoms with Crippen molar-refractivity contribution in [2.75, 3.05) is 13.3 Å². The smallest absolute Gasteiger partial charge is 0.221 e. The molecule has 0 aliphatic carbocycles. The first-order valence-electron chi connectivity index (χ1n) is 9.45. The molecule has 2 aromatic carbocycles. The molecule has 0 amide bonds. The second-order valence-electron chi connectivity index (χ2n) is 7.24. The van der Waals surface area contributed by atoms with Gasteiger partial charge in [0.2, 0.25) is 5.65 Å². The molecule has 30 heavy (non-hydrogen) atoms. The third kappa shape index (κ3) is 3.42. The molecule has 0 unspecified atom stereocenters. The summed E-state index contributed by atoms with van der Waals surface area (Å²) < 4.78 is 16.2. The molecule has 148 valence electrons. The third-order valence-corrected chi connectivity index (χ3v) is 6.28. The van der Waals surface area contributed by atoms with Crippen LogP contribution in [0.5, 0.6) is 0 Å². The molecule has 0 N–H and O–H groups in total. The summed E-state index contributed by atoms with van der Waals surface area (Å²) in [6.07, 6.45) is 3.39. The van der Waals surface area contributed by atoms with Crippen LogP contribution in [0.25, 0.3) is 33.5 Å². The van der Waals surface area contributed by atoms with Crippen molar-refractivity contribution in [2.24, 2.45) is 0 Å². The maximum absolute atomic E-state index is 14.5. The number of rotatable bonds is 4. The molecule has 5 rings (SSSR count). The summed E-state index contributed by atoms with van der Waals surface area (Å²) >= 11 is 0. The Morgan fingerprint density at radius 2 is 1.93 bits per heavy atom. The molecule has 5 aromatic rings. The van der Waals surface area contributed by atoms with E-state index >= 15 is 0 Å². The van der Waals surface area contributed by atoms with Gasteiger partial charge in [0.05, 0.1) is 24.0 Å². The van der Waals surface area contributed by atoms with E-state index in [-0.39, 0.29) is 5.82 Å². The normalized spacial score (nSPS) is 11.6. The van der Waals surface area contributed by atoms with E-state index in [0.29, 0.717) is 29.1 Å². The van der Waals surface area contributed by atoms with Gasteiger partial charge in [-0.3, -0.25) is 4.98 Å². The van der Waals surface area contributed by atoms with Gasteiger partial charge in [-0.2, -0.15) is 0 Å². The van der Waals surface area contributed by atoms with E-state index in [9.17, 15) is 4.39 Å². The lowest BCUT2D eigenvalue weighted by Gasteiger charge is -2.09. The molecule has 3 aromatic heterocycles. The average molecular weight is 416 g/mol. The molecule has 6 nitrogen and oxygen atoms in total. The standard InChI is InChI=1S/C22H18FN6P/c1-30(2)20-8-6-16(11-17(20)23)19-12-25-21-22(26-19)29(28-27-21)13-14-5-7-18-15(10-14)4-3-9-24-18/h3-12H,13H2,1-2H3. The highest BCUT2D eigenvalue weighted by Gasteiger charge is 2.13. The van der Waals surface area contributed by atoms with E-state index < -0.39 is 7.92 Å². The highest BCUT2D eigenvalue weighted by molar-refractivity contribution is 7.64. The first-order chi connectivity index (χ1) is 14.6. The Hall–Kier alpha value is -3.31. The van der Waals surface area contributed by atoms with Crippen molar-refractivity contribution >= 4 is 35.4 Å². The first-order valence-corrected chi connectivity index (χ1v) is 11.7. The minimum atomic E-state index is -0.504. The van der Waals surface area contributed by atoms with Crippen molar-refractivity contribution in [1.29, 1.82) is 0 Å². The van der Waals surface area contributed by atoms with Gasteiger partial charge in [0, 0.05) is 22.5 Å². The van der Waals surface area contributed by atoms with Gasteiger partial charge in [-0.05, 0) is 43.2 Å². The predicted molar refractivity (Wildman–Crippen MR) is 118 cm³/mol. The molecule has 0 fully saturated rings. The summed E-state index contributed by atoms with van der Waals surface area (Å²) in [5.41, 5.74) is 4.31. The summed E-state index contributed by atoms with van der Waals surface area (Å²) in [5, 5.41) is 10.2. The van der Waals surface area contributed by atoms with Crippen molar-refractivity contribution in [2.45, 2.75) is 6.54 Å². The van der Waals surface area contributed by atoms with Gasteiger partial charge in [0.1, 0.15) is 5.82 Å². The SMILES string of the molecule is CP(C)c1ccc(-c2cnc3nnn(Cc4ccc5ncccc5c4)c3n2)cc1F. The van der Waals surface area contributed by atoms with Crippen molar-refractivity contribution in [3.63, 3.8) is 0 Å². The number of aromatic nitrogens is 6. The number of hydrogen-bond acceptors (Lipinski definition) is 5. The van der Waals surface area contributed by atoms with Crippen LogP contribution in [0.4, 0.5) is 4.39 Å². The van der Waals surface area contributed by atoms with Crippen LogP contribution >= 0.6 is 7.92 Å². The molecule has 0 spiro atoms. The monoisotopic (exact) mass is 416 g/mol. The lowest BCUT2D eigenvalue weighted by Crippen LogP contribution is -2.06. The molecule has 0 saturated carbocycles. The molecule has 0 aliphatic heterocycles. The van der Waals surface area contributed by atoms with E-state index in [4.69, 9.17) is 0 Å². The zero-order valence-electron chi connectivity index (χ0n) is 16.5. The van der Waals surface area contributed by atoms with Crippen LogP contribution in [0.2, 0.25) is 0 Å². The maximum Gasteiger partial charge on any atom is 0.221 e. The number of halogens is 1. The van der Waals surface area contributed by atoms with Gasteiger partial charge in [0.25, 0.3) is 0 Å². The second-order valence-corrected chi connectivity index (χ2v) is 9.51. The summed E-state index contributed by atoms with van der Waals surface area (Å²) in [5.74, 6) is -0.207. The molecule has 3 heterocycles. The maximum atomic E-state index is 14.5. The van der Waals surface area contributed by atoms with Crippen LogP contribution < -0.4 is 5.30 Å². The highest BCUT2D eigenvalue weighted by Crippen LogP contribution is 2.27. The summed E-state index contributed by atoms with van der Waals surface area (Å²) in [6, 6.07) is 15.3. The van der Waals surface area contributed by atoms with Crippen LogP contribution in [0.1, 0.15) is 5.56 Å². The minimum absolute atomic E-state index is 0.207. The van der Waals surface area contributed by atoms with E-state index in [2.05, 4.69) is 31.3 Å². The van der Waals surface area contributed by atoms with Gasteiger partial charge in [-0.25, -0.2) is 19.0 Å². The molecule has 8 heteroatoms. The van der Waals surface area contributed by atoms with E-state index in [1.165, 1.54) is 6.07 Å². The number of hydrogen-bond donors (Lipinski definition) is 0. The fraction of sp³-hybridized carbons (Fsp3) is 0.136. The van der Waals surface area contributed by atoms with Gasteiger partial charge in [-0.1, -0.05) is 37.4 Å². The Kier molecular flexibility index (Phi) is 4.68. The number of nitrogens with zero attached hydrogens (tertiary/aromatic N) is 6. The molecule has 0 saturated heterocycles. The molecule has 0 radical (unpaired) electrons. The van der Waals surface area contributed by atoms with Crippen LogP contribution in [0, 0.1) is 5.82 Å². The summed E-state index contributed by atoms with van der Waals surface area (Å²) in [4.78, 5) is 13.4. The van der Waals surface area contributed by atoms with Crippen LogP contribution in [0.15, 0.2) is 60.9 Å². The quantitative estimate of drug-likeness (QED) is 0.415. The fourth-order valence-corrected chi connectivity index (χ4v) is 4.29. The first kappa shape index (κ1) is 18.7. The van der Waals surface area contributed by atoms with Crippen LogP contribution in [-0.2, 0) is 6.54 Å². The van der Waals surface area contributed by atoms with Crippen molar-refractivity contribution < 1.29 is 4.39 Å². The number of fused-ring (bicyclic) bond motifs is 2. The average Bonchev–Trinajstić information content (AvgIpc) is 3.15. The van der Waals surface area contributed by atoms with Gasteiger partial charge in [-0.15, -0.1) is 5.10 Å². The molecule has 0 atom stereocenters. The Morgan fingerprint density at radius 1 is 1.03 bits per heavy atom. The Bertz CT molecular complexity index is 1380. The van der Waals surface area contributed by atoms with Crippen molar-refractivity contribution in [3.05, 3.63) is 72.3 Å². The van der Waals surface area contributed by atoms with E-state index in [1.54, 1.807) is 17.1 Å². The highest BCUT2D eigenvalue weighted by atomic mass is 31.1. The second kappa shape index (κ2) is 7.50. The fourth-order valence-electron chi connectivity index (χ4n) is 3.43. The van der Waals surface area contributed by atoms with Gasteiger partial charge < -0.3 is 0 Å². The zero-order valence-corrected chi connectivity index (χ0v) is 17.4. The number of pyridine rings is 1. The third-order valence-electron chi connectivity index (χ3n) is 4.95. The molecule has 0 aliphatic rings. The van der Waals surface area contributed by atoms with E-state index in [0.717, 1.165) is 21.8 Å². The molecular weight excluding hydrogens is 398 g/mol. The van der Waals surface area contributed by atoms with Crippen LogP contribution in [0.3, 0.4) is 0 Å². The Morgan fingerprint density at radius 3 is 2.77 bits per heavy atom. The summed E-state index contributed by atoms with van der Waals surface area (Å²) in [7, 11) is -0.504. The topological polar surface area (TPSA) is 69.4 Å². The zero-order chi connectivity index (χ0) is 20.7. The van der Waals surface area contributed by atoms with Crippen LogP contribution in [-0.4, -0.2) is 43.3 Å². The summed E-state index contributed by atoms with van der Waals surface area (Å²) in [6.45, 7) is 4.57. The predicted octanol–water partition coefficient (Wildman–Crippen LogP) is 3.99. The minimum Gasteiger partial charge on any atom is -0.256 e.